The Kier molecular flexibility index (Phi) is 6.84. The van der Waals surface area contributed by atoms with Crippen molar-refractivity contribution < 1.29 is 23.9 Å². The normalized spacial score (nSPS) is 18.0. The van der Waals surface area contributed by atoms with E-state index >= 15 is 0 Å². The standard InChI is InChI=1S/C22H24BrN3O5/c1-22(15-6-4-5-7-16(15)23)20(28)26(21(29)25-22)13-19(27)24-11-10-14-8-9-17(30-2)18(12-14)31-3/h4-9,12H,10-11,13H2,1-3H3,(H,24,27)(H,25,29). The highest BCUT2D eigenvalue weighted by Gasteiger charge is 2.50. The predicted molar refractivity (Wildman–Crippen MR) is 118 cm³/mol. The summed E-state index contributed by atoms with van der Waals surface area (Å²) in [5.74, 6) is 0.346. The summed E-state index contributed by atoms with van der Waals surface area (Å²) in [7, 11) is 3.12. The molecule has 1 atom stereocenters. The van der Waals surface area contributed by atoms with Crippen molar-refractivity contribution in [3.63, 3.8) is 0 Å². The number of nitrogens with zero attached hydrogens (tertiary/aromatic N) is 1. The minimum atomic E-state index is -1.24. The van der Waals surface area contributed by atoms with Gasteiger partial charge >= 0.3 is 6.03 Å². The molecule has 9 heteroatoms. The largest absolute Gasteiger partial charge is 0.493 e. The third kappa shape index (κ3) is 4.66. The summed E-state index contributed by atoms with van der Waals surface area (Å²) < 4.78 is 11.2. The second-order valence-electron chi connectivity index (χ2n) is 7.22. The van der Waals surface area contributed by atoms with Crippen molar-refractivity contribution >= 4 is 33.8 Å². The zero-order valence-corrected chi connectivity index (χ0v) is 19.1. The minimum absolute atomic E-state index is 0.347. The van der Waals surface area contributed by atoms with Gasteiger partial charge < -0.3 is 20.1 Å². The van der Waals surface area contributed by atoms with Gasteiger partial charge in [0.1, 0.15) is 12.1 Å². The van der Waals surface area contributed by atoms with Crippen LogP contribution in [0.3, 0.4) is 0 Å². The van der Waals surface area contributed by atoms with E-state index in [0.29, 0.717) is 34.5 Å². The van der Waals surface area contributed by atoms with Crippen LogP contribution in [0.25, 0.3) is 0 Å². The summed E-state index contributed by atoms with van der Waals surface area (Å²) in [6.07, 6.45) is 0.556. The van der Waals surface area contributed by atoms with Gasteiger partial charge in [0.15, 0.2) is 11.5 Å². The van der Waals surface area contributed by atoms with Crippen molar-refractivity contribution in [3.05, 3.63) is 58.1 Å². The molecule has 0 radical (unpaired) electrons. The first-order chi connectivity index (χ1) is 14.8. The molecule has 2 N–H and O–H groups in total. The van der Waals surface area contributed by atoms with Gasteiger partial charge in [-0.3, -0.25) is 14.5 Å². The van der Waals surface area contributed by atoms with E-state index in [4.69, 9.17) is 9.47 Å². The van der Waals surface area contributed by atoms with Gasteiger partial charge in [-0.2, -0.15) is 0 Å². The summed E-state index contributed by atoms with van der Waals surface area (Å²) in [5.41, 5.74) is 0.344. The van der Waals surface area contributed by atoms with Crippen LogP contribution in [0.2, 0.25) is 0 Å². The number of carbonyl (C=O) groups excluding carboxylic acids is 3. The van der Waals surface area contributed by atoms with Gasteiger partial charge in [-0.25, -0.2) is 4.79 Å². The van der Waals surface area contributed by atoms with Crippen LogP contribution in [-0.4, -0.2) is 50.1 Å². The van der Waals surface area contributed by atoms with Crippen LogP contribution in [0, 0.1) is 0 Å². The highest BCUT2D eigenvalue weighted by molar-refractivity contribution is 9.10. The molecule has 2 aromatic carbocycles. The van der Waals surface area contributed by atoms with Crippen molar-refractivity contribution in [2.24, 2.45) is 0 Å². The summed E-state index contributed by atoms with van der Waals surface area (Å²) in [5, 5.41) is 5.45. The molecule has 4 amide bonds. The SMILES string of the molecule is COc1ccc(CCNC(=O)CN2C(=O)NC(C)(c3ccccc3Br)C2=O)cc1OC. The number of carbonyl (C=O) groups is 3. The van der Waals surface area contributed by atoms with Crippen molar-refractivity contribution in [1.82, 2.24) is 15.5 Å². The van der Waals surface area contributed by atoms with Gasteiger partial charge in [0, 0.05) is 16.6 Å². The lowest BCUT2D eigenvalue weighted by Gasteiger charge is -2.23. The molecule has 1 fully saturated rings. The minimum Gasteiger partial charge on any atom is -0.493 e. The van der Waals surface area contributed by atoms with E-state index < -0.39 is 23.4 Å². The maximum absolute atomic E-state index is 13.0. The van der Waals surface area contributed by atoms with Gasteiger partial charge in [0.25, 0.3) is 5.91 Å². The Morgan fingerprint density at radius 3 is 2.52 bits per heavy atom. The molecule has 1 saturated heterocycles. The molecule has 0 spiro atoms. The molecule has 0 saturated carbocycles. The second-order valence-corrected chi connectivity index (χ2v) is 8.07. The lowest BCUT2D eigenvalue weighted by molar-refractivity contribution is -0.134. The van der Waals surface area contributed by atoms with Crippen LogP contribution < -0.4 is 20.1 Å². The van der Waals surface area contributed by atoms with E-state index in [0.717, 1.165) is 10.5 Å². The second kappa shape index (κ2) is 9.38. The Bertz CT molecular complexity index is 1010. The molecule has 1 aliphatic rings. The Hall–Kier alpha value is -3.07. The lowest BCUT2D eigenvalue weighted by atomic mass is 9.92. The topological polar surface area (TPSA) is 97.0 Å². The summed E-state index contributed by atoms with van der Waals surface area (Å²) in [4.78, 5) is 38.7. The average molecular weight is 490 g/mol. The van der Waals surface area contributed by atoms with Crippen molar-refractivity contribution in [2.45, 2.75) is 18.9 Å². The van der Waals surface area contributed by atoms with E-state index in [1.807, 2.05) is 18.2 Å². The number of nitrogens with one attached hydrogen (secondary N) is 2. The fourth-order valence-corrected chi connectivity index (χ4v) is 4.15. The average Bonchev–Trinajstić information content (AvgIpc) is 2.97. The number of benzene rings is 2. The molecule has 8 nitrogen and oxygen atoms in total. The van der Waals surface area contributed by atoms with Crippen molar-refractivity contribution in [3.8, 4) is 11.5 Å². The van der Waals surface area contributed by atoms with Crippen LogP contribution in [0.15, 0.2) is 46.9 Å². The maximum atomic E-state index is 13.0. The van der Waals surface area contributed by atoms with E-state index in [-0.39, 0.29) is 6.54 Å². The molecule has 3 rings (SSSR count). The number of hydrogen-bond acceptors (Lipinski definition) is 5. The number of rotatable bonds is 8. The fraction of sp³-hybridized carbons (Fsp3) is 0.318. The molecule has 0 aliphatic carbocycles. The third-order valence-electron chi connectivity index (χ3n) is 5.17. The van der Waals surface area contributed by atoms with E-state index in [1.54, 1.807) is 45.4 Å². The number of amides is 4. The van der Waals surface area contributed by atoms with Crippen LogP contribution >= 0.6 is 15.9 Å². The smallest absolute Gasteiger partial charge is 0.325 e. The van der Waals surface area contributed by atoms with Crippen molar-refractivity contribution in [2.75, 3.05) is 27.3 Å². The van der Waals surface area contributed by atoms with Gasteiger partial charge in [-0.15, -0.1) is 0 Å². The number of methoxy groups -OCH3 is 2. The van der Waals surface area contributed by atoms with Crippen LogP contribution in [0.1, 0.15) is 18.1 Å². The molecular weight excluding hydrogens is 466 g/mol. The van der Waals surface area contributed by atoms with E-state index in [9.17, 15) is 14.4 Å². The number of hydrogen-bond donors (Lipinski definition) is 2. The molecule has 0 aromatic heterocycles. The number of ether oxygens (including phenoxy) is 2. The van der Waals surface area contributed by atoms with Gasteiger partial charge in [0.05, 0.1) is 14.2 Å². The van der Waals surface area contributed by atoms with Gasteiger partial charge in [0.2, 0.25) is 5.91 Å². The Labute approximate surface area is 189 Å². The molecule has 31 heavy (non-hydrogen) atoms. The van der Waals surface area contributed by atoms with Crippen molar-refractivity contribution in [1.29, 1.82) is 0 Å². The molecule has 1 heterocycles. The summed E-state index contributed by atoms with van der Waals surface area (Å²) in [6.45, 7) is 1.62. The van der Waals surface area contributed by atoms with E-state index in [1.165, 1.54) is 0 Å². The number of urea groups is 1. The number of halogens is 1. The molecule has 164 valence electrons. The molecule has 1 unspecified atom stereocenters. The molecule has 0 bridgehead atoms. The zero-order valence-electron chi connectivity index (χ0n) is 17.5. The summed E-state index contributed by atoms with van der Waals surface area (Å²) >= 11 is 3.42. The van der Waals surface area contributed by atoms with Crippen LogP contribution in [0.4, 0.5) is 4.79 Å². The molecule has 1 aliphatic heterocycles. The van der Waals surface area contributed by atoms with Crippen LogP contribution in [-0.2, 0) is 21.5 Å². The monoisotopic (exact) mass is 489 g/mol. The molecule has 2 aromatic rings. The molecular formula is C22H24BrN3O5. The third-order valence-corrected chi connectivity index (χ3v) is 5.86. The Morgan fingerprint density at radius 2 is 1.84 bits per heavy atom. The predicted octanol–water partition coefficient (Wildman–Crippen LogP) is 2.59. The maximum Gasteiger partial charge on any atom is 0.325 e. The highest BCUT2D eigenvalue weighted by atomic mass is 79.9. The highest BCUT2D eigenvalue weighted by Crippen LogP contribution is 2.33. The first kappa shape index (κ1) is 22.6. The zero-order chi connectivity index (χ0) is 22.6. The number of imide groups is 1. The quantitative estimate of drug-likeness (QED) is 0.555. The van der Waals surface area contributed by atoms with Gasteiger partial charge in [-0.05, 0) is 37.1 Å². The fourth-order valence-electron chi connectivity index (χ4n) is 3.47. The van der Waals surface area contributed by atoms with Gasteiger partial charge in [-0.1, -0.05) is 40.2 Å². The van der Waals surface area contributed by atoms with Crippen LogP contribution in [0.5, 0.6) is 11.5 Å². The first-order valence-corrected chi connectivity index (χ1v) is 10.5. The van der Waals surface area contributed by atoms with E-state index in [2.05, 4.69) is 26.6 Å². The lowest BCUT2D eigenvalue weighted by Crippen LogP contribution is -2.43. The summed E-state index contributed by atoms with van der Waals surface area (Å²) in [6, 6.07) is 12.1. The Morgan fingerprint density at radius 1 is 1.13 bits per heavy atom. The first-order valence-electron chi connectivity index (χ1n) is 9.67. The Balaban J connectivity index is 1.59.